The van der Waals surface area contributed by atoms with Crippen molar-refractivity contribution in [1.82, 2.24) is 14.1 Å². The second-order valence-electron chi connectivity index (χ2n) is 5.02. The van der Waals surface area contributed by atoms with Crippen molar-refractivity contribution in [3.8, 4) is 0 Å². The summed E-state index contributed by atoms with van der Waals surface area (Å²) in [6.07, 6.45) is 0.435. The van der Waals surface area contributed by atoms with Crippen LogP contribution in [0.1, 0.15) is 23.8 Å². The van der Waals surface area contributed by atoms with Gasteiger partial charge in [-0.2, -0.15) is 5.10 Å². The van der Waals surface area contributed by atoms with Gasteiger partial charge in [-0.25, -0.2) is 17.4 Å². The van der Waals surface area contributed by atoms with Crippen LogP contribution in [-0.2, 0) is 17.1 Å². The number of hydrogen-bond donors (Lipinski definition) is 0. The van der Waals surface area contributed by atoms with E-state index in [4.69, 9.17) is 11.6 Å². The van der Waals surface area contributed by atoms with Crippen molar-refractivity contribution in [2.75, 3.05) is 6.54 Å². The highest BCUT2D eigenvalue weighted by atomic mass is 35.5. The van der Waals surface area contributed by atoms with Gasteiger partial charge in [0.1, 0.15) is 5.69 Å². The minimum absolute atomic E-state index is 0.00564. The van der Waals surface area contributed by atoms with Crippen molar-refractivity contribution < 1.29 is 13.2 Å². The van der Waals surface area contributed by atoms with Gasteiger partial charge in [0, 0.05) is 24.7 Å². The summed E-state index contributed by atoms with van der Waals surface area (Å²) in [5.74, 6) is -0.789. The molecule has 1 aromatic heterocycles. The molecule has 0 fully saturated rings. The van der Waals surface area contributed by atoms with Crippen LogP contribution in [0.5, 0.6) is 0 Å². The smallest absolute Gasteiger partial charge is 0.268 e. The summed E-state index contributed by atoms with van der Waals surface area (Å²) in [5.41, 5.74) is -0.516. The van der Waals surface area contributed by atoms with Crippen LogP contribution in [-0.4, -0.2) is 35.0 Å². The molecule has 0 atom stereocenters. The SMILES string of the molecule is CCCN(C(=O)c1ccc(=O)n(C)n1)S(=O)(=O)c1ccc(Cl)cc1. The fourth-order valence-corrected chi connectivity index (χ4v) is 3.61. The van der Waals surface area contributed by atoms with Gasteiger partial charge >= 0.3 is 0 Å². The number of halogens is 1. The van der Waals surface area contributed by atoms with E-state index in [0.717, 1.165) is 8.99 Å². The maximum atomic E-state index is 12.8. The van der Waals surface area contributed by atoms with Crippen LogP contribution in [0.4, 0.5) is 0 Å². The number of aromatic nitrogens is 2. The molecule has 24 heavy (non-hydrogen) atoms. The molecule has 7 nitrogen and oxygen atoms in total. The fourth-order valence-electron chi connectivity index (χ4n) is 2.01. The molecule has 2 aromatic rings. The first-order valence-corrected chi connectivity index (χ1v) is 8.96. The molecule has 2 rings (SSSR count). The van der Waals surface area contributed by atoms with Gasteiger partial charge < -0.3 is 0 Å². The zero-order valence-electron chi connectivity index (χ0n) is 13.1. The average Bonchev–Trinajstić information content (AvgIpc) is 2.55. The molecule has 9 heteroatoms. The van der Waals surface area contributed by atoms with Crippen molar-refractivity contribution in [3.05, 3.63) is 57.5 Å². The number of nitrogens with zero attached hydrogens (tertiary/aromatic N) is 3. The Bertz CT molecular complexity index is 907. The Morgan fingerprint density at radius 3 is 2.38 bits per heavy atom. The monoisotopic (exact) mass is 369 g/mol. The van der Waals surface area contributed by atoms with Crippen molar-refractivity contribution in [2.45, 2.75) is 18.2 Å². The summed E-state index contributed by atoms with van der Waals surface area (Å²) in [6.45, 7) is 1.75. The number of sulfonamides is 1. The lowest BCUT2D eigenvalue weighted by Crippen LogP contribution is -2.38. The van der Waals surface area contributed by atoms with Crippen LogP contribution in [0.15, 0.2) is 46.1 Å². The van der Waals surface area contributed by atoms with E-state index in [2.05, 4.69) is 5.10 Å². The van der Waals surface area contributed by atoms with E-state index >= 15 is 0 Å². The lowest BCUT2D eigenvalue weighted by Gasteiger charge is -2.21. The molecule has 128 valence electrons. The van der Waals surface area contributed by atoms with E-state index in [-0.39, 0.29) is 17.1 Å². The first kappa shape index (κ1) is 18.2. The largest absolute Gasteiger partial charge is 0.288 e. The highest BCUT2D eigenvalue weighted by Gasteiger charge is 2.30. The fraction of sp³-hybridized carbons (Fsp3) is 0.267. The maximum Gasteiger partial charge on any atom is 0.288 e. The van der Waals surface area contributed by atoms with Crippen LogP contribution in [0, 0.1) is 0 Å². The molecular weight excluding hydrogens is 354 g/mol. The van der Waals surface area contributed by atoms with Crippen molar-refractivity contribution >= 4 is 27.5 Å². The summed E-state index contributed by atoms with van der Waals surface area (Å²) in [5, 5.41) is 4.22. The van der Waals surface area contributed by atoms with Crippen LogP contribution in [0.25, 0.3) is 0 Å². The standard InChI is InChI=1S/C15H16ClN3O4S/c1-3-10-19(15(21)13-8-9-14(20)18(2)17-13)24(22,23)12-6-4-11(16)5-7-12/h4-9H,3,10H2,1-2H3. The summed E-state index contributed by atoms with van der Waals surface area (Å²) in [6, 6.07) is 7.93. The van der Waals surface area contributed by atoms with E-state index in [1.165, 1.54) is 43.4 Å². The first-order valence-electron chi connectivity index (χ1n) is 7.14. The molecular formula is C15H16ClN3O4S. The lowest BCUT2D eigenvalue weighted by molar-refractivity contribution is 0.0853. The molecule has 0 aliphatic carbocycles. The predicted molar refractivity (Wildman–Crippen MR) is 89.4 cm³/mol. The minimum Gasteiger partial charge on any atom is -0.268 e. The minimum atomic E-state index is -4.05. The Balaban J connectivity index is 2.47. The highest BCUT2D eigenvalue weighted by Crippen LogP contribution is 2.20. The number of rotatable bonds is 5. The van der Waals surface area contributed by atoms with Crippen molar-refractivity contribution in [1.29, 1.82) is 0 Å². The van der Waals surface area contributed by atoms with Gasteiger partial charge in [-0.1, -0.05) is 18.5 Å². The highest BCUT2D eigenvalue weighted by molar-refractivity contribution is 7.89. The molecule has 0 saturated carbocycles. The van der Waals surface area contributed by atoms with Crippen LogP contribution >= 0.6 is 11.6 Å². The molecule has 1 aromatic carbocycles. The van der Waals surface area contributed by atoms with E-state index < -0.39 is 21.5 Å². The van der Waals surface area contributed by atoms with Gasteiger partial charge in [0.25, 0.3) is 21.5 Å². The van der Waals surface area contributed by atoms with Gasteiger partial charge in [0.05, 0.1) is 4.90 Å². The molecule has 0 N–H and O–H groups in total. The Hall–Kier alpha value is -2.19. The number of benzene rings is 1. The number of amides is 1. The van der Waals surface area contributed by atoms with Gasteiger partial charge in [0.2, 0.25) is 0 Å². The first-order chi connectivity index (χ1) is 11.3. The van der Waals surface area contributed by atoms with Gasteiger partial charge in [-0.05, 0) is 36.8 Å². The molecule has 0 bridgehead atoms. The predicted octanol–water partition coefficient (Wildman–Crippen LogP) is 1.67. The van der Waals surface area contributed by atoms with Crippen molar-refractivity contribution in [3.63, 3.8) is 0 Å². The third-order valence-electron chi connectivity index (χ3n) is 3.23. The number of carbonyl (C=O) groups excluding carboxylic acids is 1. The van der Waals surface area contributed by atoms with E-state index in [1.807, 2.05) is 0 Å². The Kier molecular flexibility index (Phi) is 5.40. The van der Waals surface area contributed by atoms with Crippen LogP contribution < -0.4 is 5.56 Å². The zero-order valence-corrected chi connectivity index (χ0v) is 14.7. The molecule has 0 radical (unpaired) electrons. The van der Waals surface area contributed by atoms with Gasteiger partial charge in [-0.15, -0.1) is 0 Å². The molecule has 0 spiro atoms. The van der Waals surface area contributed by atoms with Gasteiger partial charge in [-0.3, -0.25) is 9.59 Å². The molecule has 0 aliphatic rings. The second kappa shape index (κ2) is 7.14. The summed E-state index contributed by atoms with van der Waals surface area (Å²) in [7, 11) is -2.67. The topological polar surface area (TPSA) is 89.3 Å². The summed E-state index contributed by atoms with van der Waals surface area (Å²) >= 11 is 5.78. The lowest BCUT2D eigenvalue weighted by atomic mass is 10.3. The molecule has 0 saturated heterocycles. The third-order valence-corrected chi connectivity index (χ3v) is 5.28. The third kappa shape index (κ3) is 3.65. The second-order valence-corrected chi connectivity index (χ2v) is 7.32. The number of hydrogen-bond acceptors (Lipinski definition) is 5. The molecule has 0 unspecified atom stereocenters. The summed E-state index contributed by atoms with van der Waals surface area (Å²) in [4.78, 5) is 24.0. The van der Waals surface area contributed by atoms with Crippen LogP contribution in [0.2, 0.25) is 5.02 Å². The zero-order chi connectivity index (χ0) is 17.9. The Morgan fingerprint density at radius 2 is 1.83 bits per heavy atom. The molecule has 0 aliphatic heterocycles. The summed E-state index contributed by atoms with van der Waals surface area (Å²) < 4.78 is 27.3. The Labute approximate surface area is 144 Å². The quantitative estimate of drug-likeness (QED) is 0.799. The van der Waals surface area contributed by atoms with E-state index in [9.17, 15) is 18.0 Å². The average molecular weight is 370 g/mol. The van der Waals surface area contributed by atoms with Gasteiger partial charge in [0.15, 0.2) is 0 Å². The number of carbonyl (C=O) groups is 1. The Morgan fingerprint density at radius 1 is 1.21 bits per heavy atom. The molecule has 1 amide bonds. The van der Waals surface area contributed by atoms with E-state index in [1.54, 1.807) is 6.92 Å². The van der Waals surface area contributed by atoms with Crippen LogP contribution in [0.3, 0.4) is 0 Å². The molecule has 1 heterocycles. The van der Waals surface area contributed by atoms with E-state index in [0.29, 0.717) is 11.4 Å². The maximum absolute atomic E-state index is 12.8. The number of aryl methyl sites for hydroxylation is 1. The normalized spacial score (nSPS) is 11.3. The van der Waals surface area contributed by atoms with Crippen molar-refractivity contribution in [2.24, 2.45) is 7.05 Å².